The monoisotopic (exact) mass is 335 g/mol. The Morgan fingerprint density at radius 1 is 1.36 bits per heavy atom. The molecule has 1 aromatic heterocycles. The Kier molecular flexibility index (Phi) is 4.37. The number of hydrogen-bond acceptors (Lipinski definition) is 6. The minimum Gasteiger partial charge on any atom is -0.497 e. The van der Waals surface area contributed by atoms with Crippen LogP contribution in [0.2, 0.25) is 0 Å². The van der Waals surface area contributed by atoms with Crippen molar-refractivity contribution in [1.82, 2.24) is 15.6 Å². The van der Waals surface area contributed by atoms with Gasteiger partial charge in [0.2, 0.25) is 5.91 Å². The fourth-order valence-corrected chi connectivity index (χ4v) is 3.90. The van der Waals surface area contributed by atoms with Crippen LogP contribution in [-0.4, -0.2) is 23.5 Å². The molecule has 116 valence electrons. The lowest BCUT2D eigenvalue weighted by molar-refractivity contribution is -0.123. The molecule has 0 radical (unpaired) electrons. The van der Waals surface area contributed by atoms with Gasteiger partial charge >= 0.3 is 0 Å². The molecule has 2 unspecified atom stereocenters. The van der Waals surface area contributed by atoms with Crippen LogP contribution in [0, 0.1) is 6.92 Å². The molecule has 22 heavy (non-hydrogen) atoms. The molecule has 0 saturated carbocycles. The summed E-state index contributed by atoms with van der Waals surface area (Å²) in [5, 5.41) is 6.95. The average Bonchev–Trinajstić information content (AvgIpc) is 2.88. The Bertz CT molecular complexity index is 685. The molecule has 3 rings (SSSR count). The molecule has 1 aromatic carbocycles. The lowest BCUT2D eigenvalue weighted by atomic mass is 10.1. The van der Waals surface area contributed by atoms with Crippen molar-refractivity contribution in [3.8, 4) is 16.3 Å². The van der Waals surface area contributed by atoms with Crippen molar-refractivity contribution in [3.63, 3.8) is 0 Å². The molecule has 2 aromatic rings. The maximum Gasteiger partial charge on any atom is 0.223 e. The second-order valence-corrected chi connectivity index (χ2v) is 6.64. The van der Waals surface area contributed by atoms with Gasteiger partial charge in [-0.2, -0.15) is 0 Å². The number of amides is 1. The van der Waals surface area contributed by atoms with Crippen LogP contribution < -0.4 is 15.4 Å². The highest BCUT2D eigenvalue weighted by Gasteiger charge is 2.28. The van der Waals surface area contributed by atoms with Gasteiger partial charge in [0.25, 0.3) is 0 Å². The smallest absolute Gasteiger partial charge is 0.223 e. The second kappa shape index (κ2) is 6.28. The lowest BCUT2D eigenvalue weighted by Crippen LogP contribution is -2.49. The van der Waals surface area contributed by atoms with Crippen LogP contribution in [0.4, 0.5) is 0 Å². The number of thiol groups is 1. The molecule has 0 bridgehead atoms. The Hall–Kier alpha value is -1.57. The molecular formula is C15H17N3O2S2. The molecule has 2 atom stereocenters. The van der Waals surface area contributed by atoms with Crippen LogP contribution in [0.5, 0.6) is 5.75 Å². The number of thiazole rings is 1. The Balaban J connectivity index is 1.88. The summed E-state index contributed by atoms with van der Waals surface area (Å²) >= 11 is 5.90. The van der Waals surface area contributed by atoms with E-state index in [2.05, 4.69) is 28.2 Å². The number of rotatable bonds is 3. The third-order valence-corrected chi connectivity index (χ3v) is 5.13. The Labute approximate surface area is 138 Å². The number of carbonyl (C=O) groups excluding carboxylic acids is 1. The molecule has 7 heteroatoms. The largest absolute Gasteiger partial charge is 0.497 e. The zero-order valence-corrected chi connectivity index (χ0v) is 14.0. The van der Waals surface area contributed by atoms with Crippen molar-refractivity contribution in [2.45, 2.75) is 24.9 Å². The van der Waals surface area contributed by atoms with Gasteiger partial charge in [-0.1, -0.05) is 0 Å². The molecule has 1 amide bonds. The molecule has 1 aliphatic heterocycles. The number of carbonyl (C=O) groups is 1. The highest BCUT2D eigenvalue weighted by molar-refractivity contribution is 7.80. The summed E-state index contributed by atoms with van der Waals surface area (Å²) < 4.78 is 5.17. The molecule has 0 aliphatic carbocycles. The van der Waals surface area contributed by atoms with Crippen LogP contribution in [0.25, 0.3) is 10.6 Å². The van der Waals surface area contributed by atoms with Gasteiger partial charge in [-0.25, -0.2) is 4.98 Å². The highest BCUT2D eigenvalue weighted by atomic mass is 32.1. The minimum atomic E-state index is -0.322. The number of aromatic nitrogens is 1. The van der Waals surface area contributed by atoms with E-state index in [1.165, 1.54) is 0 Å². The van der Waals surface area contributed by atoms with Crippen LogP contribution in [-0.2, 0) is 4.79 Å². The van der Waals surface area contributed by atoms with Gasteiger partial charge in [0, 0.05) is 16.9 Å². The van der Waals surface area contributed by atoms with Crippen LogP contribution >= 0.6 is 24.0 Å². The fraction of sp³-hybridized carbons (Fsp3) is 0.333. The van der Waals surface area contributed by atoms with E-state index in [1.54, 1.807) is 18.4 Å². The summed E-state index contributed by atoms with van der Waals surface area (Å²) in [6, 6.07) is 7.77. The van der Waals surface area contributed by atoms with Crippen molar-refractivity contribution in [2.75, 3.05) is 7.11 Å². The van der Waals surface area contributed by atoms with Crippen molar-refractivity contribution < 1.29 is 9.53 Å². The highest BCUT2D eigenvalue weighted by Crippen LogP contribution is 2.34. The Morgan fingerprint density at radius 3 is 2.73 bits per heavy atom. The second-order valence-electron chi connectivity index (χ2n) is 5.09. The van der Waals surface area contributed by atoms with E-state index in [0.29, 0.717) is 6.42 Å². The third-order valence-electron chi connectivity index (χ3n) is 3.53. The first-order valence-corrected chi connectivity index (χ1v) is 8.25. The quantitative estimate of drug-likeness (QED) is 0.754. The van der Waals surface area contributed by atoms with Gasteiger partial charge in [-0.15, -0.1) is 24.0 Å². The summed E-state index contributed by atoms with van der Waals surface area (Å²) in [6.45, 7) is 1.97. The van der Waals surface area contributed by atoms with Gasteiger partial charge in [0.05, 0.1) is 18.8 Å². The number of aryl methyl sites for hydroxylation is 1. The summed E-state index contributed by atoms with van der Waals surface area (Å²) in [5.74, 6) is 0.823. The molecule has 2 N–H and O–H groups in total. The summed E-state index contributed by atoms with van der Waals surface area (Å²) in [4.78, 5) is 17.4. The first-order chi connectivity index (χ1) is 10.6. The molecular weight excluding hydrogens is 318 g/mol. The number of ether oxygens (including phenoxy) is 1. The third kappa shape index (κ3) is 3.11. The molecule has 2 heterocycles. The first kappa shape index (κ1) is 15.3. The van der Waals surface area contributed by atoms with Gasteiger partial charge in [0.1, 0.15) is 16.3 Å². The predicted molar refractivity (Wildman–Crippen MR) is 90.2 cm³/mol. The average molecular weight is 335 g/mol. The molecule has 1 aliphatic rings. The number of nitrogens with one attached hydrogen (secondary N) is 2. The number of nitrogens with zero attached hydrogens (tertiary/aromatic N) is 1. The number of benzene rings is 1. The zero-order valence-electron chi connectivity index (χ0n) is 12.3. The summed E-state index contributed by atoms with van der Waals surface area (Å²) in [6.07, 6.45) is 0.405. The zero-order chi connectivity index (χ0) is 15.7. The van der Waals surface area contributed by atoms with Gasteiger partial charge in [0.15, 0.2) is 0 Å². The van der Waals surface area contributed by atoms with Crippen molar-refractivity contribution in [2.24, 2.45) is 0 Å². The maximum absolute atomic E-state index is 11.7. The van der Waals surface area contributed by atoms with E-state index >= 15 is 0 Å². The van der Waals surface area contributed by atoms with E-state index < -0.39 is 0 Å². The topological polar surface area (TPSA) is 63.2 Å². The molecule has 0 spiro atoms. The number of hydrogen-bond donors (Lipinski definition) is 3. The van der Waals surface area contributed by atoms with E-state index in [9.17, 15) is 4.79 Å². The molecule has 1 saturated heterocycles. The molecule has 5 nitrogen and oxygen atoms in total. The fourth-order valence-electron chi connectivity index (χ4n) is 2.44. The standard InChI is InChI=1S/C15H17N3O2S2/c1-8-13(11-7-12(19)18-15(21)17-11)22-14(16-8)9-3-5-10(20-2)6-4-9/h3-6,11,15,17,21H,7H2,1-2H3,(H,18,19). The molecule has 1 fully saturated rings. The van der Waals surface area contributed by atoms with E-state index in [0.717, 1.165) is 26.9 Å². The summed E-state index contributed by atoms with van der Waals surface area (Å²) in [5.41, 5.74) is 1.67. The van der Waals surface area contributed by atoms with E-state index in [-0.39, 0.29) is 17.4 Å². The first-order valence-electron chi connectivity index (χ1n) is 6.92. The van der Waals surface area contributed by atoms with Crippen LogP contribution in [0.1, 0.15) is 23.0 Å². The summed E-state index contributed by atoms with van der Waals surface area (Å²) in [7, 11) is 1.65. The van der Waals surface area contributed by atoms with Crippen LogP contribution in [0.3, 0.4) is 0 Å². The Morgan fingerprint density at radius 2 is 2.09 bits per heavy atom. The van der Waals surface area contributed by atoms with Gasteiger partial charge in [-0.3, -0.25) is 10.1 Å². The maximum atomic E-state index is 11.7. The van der Waals surface area contributed by atoms with E-state index in [1.807, 2.05) is 31.2 Å². The SMILES string of the molecule is COc1ccc(-c2nc(C)c(C3CC(=O)NC(S)N3)s2)cc1. The number of methoxy groups -OCH3 is 1. The van der Waals surface area contributed by atoms with Crippen molar-refractivity contribution >= 4 is 29.9 Å². The van der Waals surface area contributed by atoms with Crippen LogP contribution in [0.15, 0.2) is 24.3 Å². The van der Waals surface area contributed by atoms with Gasteiger partial charge < -0.3 is 10.1 Å². The normalized spacial score (nSPS) is 21.5. The predicted octanol–water partition coefficient (Wildman–Crippen LogP) is 2.49. The van der Waals surface area contributed by atoms with E-state index in [4.69, 9.17) is 4.74 Å². The van der Waals surface area contributed by atoms with Crippen molar-refractivity contribution in [1.29, 1.82) is 0 Å². The minimum absolute atomic E-state index is 0.00236. The lowest BCUT2D eigenvalue weighted by Gasteiger charge is -2.28. The van der Waals surface area contributed by atoms with Gasteiger partial charge in [-0.05, 0) is 31.2 Å². The van der Waals surface area contributed by atoms with Crippen molar-refractivity contribution in [3.05, 3.63) is 34.8 Å².